The summed E-state index contributed by atoms with van der Waals surface area (Å²) >= 11 is 0. The molecular weight excluding hydrogens is 542 g/mol. The normalized spacial score (nSPS) is 11.4. The van der Waals surface area contributed by atoms with Crippen LogP contribution in [0.5, 0.6) is 5.75 Å². The van der Waals surface area contributed by atoms with Crippen LogP contribution in [-0.2, 0) is 9.47 Å². The van der Waals surface area contributed by atoms with Crippen molar-refractivity contribution in [1.82, 2.24) is 0 Å². The third-order valence-electron chi connectivity index (χ3n) is 7.22. The number of hydrogen-bond donors (Lipinski definition) is 1. The van der Waals surface area contributed by atoms with Crippen molar-refractivity contribution < 1.29 is 14.6 Å². The van der Waals surface area contributed by atoms with Crippen LogP contribution in [-0.4, -0.2) is 43.6 Å². The summed E-state index contributed by atoms with van der Waals surface area (Å²) < 4.78 is 11.6. The van der Waals surface area contributed by atoms with Gasteiger partial charge in [-0.3, -0.25) is 0 Å². The van der Waals surface area contributed by atoms with Crippen LogP contribution in [0.3, 0.4) is 0 Å². The number of phenolic OH excluding ortho intramolecular Hbond substituents is 1. The molecule has 230 valence electrons. The zero-order valence-electron chi connectivity index (χ0n) is 25.9. The van der Waals surface area contributed by atoms with Crippen molar-refractivity contribution in [2.45, 2.75) is 37.9 Å². The molecule has 0 aromatic heterocycles. The molecule has 3 aromatic rings. The van der Waals surface area contributed by atoms with E-state index in [1.807, 2.05) is 18.2 Å². The van der Waals surface area contributed by atoms with Gasteiger partial charge >= 0.3 is 0 Å². The molecule has 0 aliphatic rings. The zero-order valence-corrected chi connectivity index (χ0v) is 25.9. The number of rotatable bonds is 21. The highest BCUT2D eigenvalue weighted by Crippen LogP contribution is 2.20. The third kappa shape index (κ3) is 12.5. The van der Waals surface area contributed by atoms with Crippen LogP contribution in [0.2, 0.25) is 0 Å². The van der Waals surface area contributed by atoms with Crippen molar-refractivity contribution >= 4 is 30.0 Å². The lowest BCUT2D eigenvalue weighted by Gasteiger charge is -2.25. The summed E-state index contributed by atoms with van der Waals surface area (Å²) in [6.45, 7) is 18.5. The van der Waals surface area contributed by atoms with Crippen molar-refractivity contribution in [2.24, 2.45) is 0 Å². The molecule has 0 radical (unpaired) electrons. The minimum atomic E-state index is -0.0898. The maximum absolute atomic E-state index is 9.44. The van der Waals surface area contributed by atoms with Gasteiger partial charge in [0.2, 0.25) is 0 Å². The Labute approximate surface area is 264 Å². The maximum Gasteiger partial charge on any atom is 0.115 e. The van der Waals surface area contributed by atoms with E-state index in [1.54, 1.807) is 36.4 Å². The fraction of sp³-hybridized carbons (Fsp3) is 0.250. The molecule has 0 aliphatic carbocycles. The van der Waals surface area contributed by atoms with E-state index in [9.17, 15) is 5.11 Å². The van der Waals surface area contributed by atoms with E-state index in [4.69, 9.17) is 9.47 Å². The molecule has 0 amide bonds. The van der Waals surface area contributed by atoms with Crippen LogP contribution in [0.1, 0.15) is 47.9 Å². The second kappa shape index (κ2) is 19.7. The minimum Gasteiger partial charge on any atom is -0.508 e. The SMILES string of the molecule is C=CC(C=C)OCCCCN(CCCCOC(C=C)C=C)c1ccc(/C=C/c2ccc(/C=C/c3ccc(O)cc3)cc2)cc1. The molecule has 1 N–H and O–H groups in total. The van der Waals surface area contributed by atoms with Crippen LogP contribution < -0.4 is 4.90 Å². The van der Waals surface area contributed by atoms with E-state index >= 15 is 0 Å². The lowest BCUT2D eigenvalue weighted by Crippen LogP contribution is -2.26. The summed E-state index contributed by atoms with van der Waals surface area (Å²) in [6, 6.07) is 24.4. The molecular formula is C40H47NO3. The molecule has 3 rings (SSSR count). The lowest BCUT2D eigenvalue weighted by molar-refractivity contribution is 0.112. The predicted molar refractivity (Wildman–Crippen MR) is 190 cm³/mol. The number of anilines is 1. The lowest BCUT2D eigenvalue weighted by atomic mass is 10.1. The highest BCUT2D eigenvalue weighted by Gasteiger charge is 2.08. The molecule has 0 heterocycles. The Morgan fingerprint density at radius 3 is 1.23 bits per heavy atom. The summed E-state index contributed by atoms with van der Waals surface area (Å²) in [4.78, 5) is 2.45. The first kappa shape index (κ1) is 34.1. The Hall–Kier alpha value is -4.38. The first-order chi connectivity index (χ1) is 21.5. The van der Waals surface area contributed by atoms with Gasteiger partial charge in [-0.15, -0.1) is 26.3 Å². The molecule has 0 aliphatic heterocycles. The highest BCUT2D eigenvalue weighted by atomic mass is 16.5. The van der Waals surface area contributed by atoms with Gasteiger partial charge in [0.25, 0.3) is 0 Å². The summed E-state index contributed by atoms with van der Waals surface area (Å²) in [5.74, 6) is 0.275. The number of aromatic hydroxyl groups is 1. The van der Waals surface area contributed by atoms with Crippen LogP contribution in [0.25, 0.3) is 24.3 Å². The van der Waals surface area contributed by atoms with E-state index in [1.165, 1.54) is 5.69 Å². The molecule has 0 saturated heterocycles. The van der Waals surface area contributed by atoms with E-state index in [-0.39, 0.29) is 18.0 Å². The van der Waals surface area contributed by atoms with Gasteiger partial charge in [0.15, 0.2) is 0 Å². The quantitative estimate of drug-likeness (QED) is 0.0763. The van der Waals surface area contributed by atoms with E-state index < -0.39 is 0 Å². The second-order valence-electron chi connectivity index (χ2n) is 10.5. The van der Waals surface area contributed by atoms with E-state index in [2.05, 4.69) is 98.0 Å². The fourth-order valence-corrected chi connectivity index (χ4v) is 4.57. The highest BCUT2D eigenvalue weighted by molar-refractivity contribution is 5.73. The molecule has 0 atom stereocenters. The smallest absolute Gasteiger partial charge is 0.115 e. The van der Waals surface area contributed by atoms with Gasteiger partial charge in [-0.1, -0.05) is 97.1 Å². The van der Waals surface area contributed by atoms with Crippen LogP contribution in [0.15, 0.2) is 123 Å². The Bertz CT molecular complexity index is 1290. The number of phenols is 1. The molecule has 0 spiro atoms. The monoisotopic (exact) mass is 589 g/mol. The number of nitrogens with zero attached hydrogens (tertiary/aromatic N) is 1. The Morgan fingerprint density at radius 1 is 0.523 bits per heavy atom. The summed E-state index contributed by atoms with van der Waals surface area (Å²) in [5.41, 5.74) is 5.70. The number of unbranched alkanes of at least 4 members (excludes halogenated alkanes) is 2. The Kier molecular flexibility index (Phi) is 15.3. The van der Waals surface area contributed by atoms with Gasteiger partial charge < -0.3 is 19.5 Å². The van der Waals surface area contributed by atoms with Gasteiger partial charge in [0.05, 0.1) is 12.2 Å². The summed E-state index contributed by atoms with van der Waals surface area (Å²) in [5, 5.41) is 9.44. The van der Waals surface area contributed by atoms with Gasteiger partial charge in [0, 0.05) is 32.0 Å². The topological polar surface area (TPSA) is 41.9 Å². The van der Waals surface area contributed by atoms with Crippen molar-refractivity contribution in [2.75, 3.05) is 31.2 Å². The summed E-state index contributed by atoms with van der Waals surface area (Å²) in [7, 11) is 0. The molecule has 0 bridgehead atoms. The summed E-state index contributed by atoms with van der Waals surface area (Å²) in [6.07, 6.45) is 19.3. The van der Waals surface area contributed by atoms with Gasteiger partial charge in [-0.05, 0) is 72.2 Å². The van der Waals surface area contributed by atoms with Crippen LogP contribution in [0.4, 0.5) is 5.69 Å². The molecule has 0 unspecified atom stereocenters. The molecule has 3 aromatic carbocycles. The number of benzene rings is 3. The Morgan fingerprint density at radius 2 is 0.864 bits per heavy atom. The van der Waals surface area contributed by atoms with E-state index in [0.29, 0.717) is 13.2 Å². The molecule has 0 saturated carbocycles. The fourth-order valence-electron chi connectivity index (χ4n) is 4.57. The standard InChI is InChI=1S/C40H47NO3/c1-5-39(6-2)43-31-11-9-29-41(30-10-12-32-44-40(7-3)8-4)37-25-21-35(22-26-37)19-17-33-13-15-34(16-14-33)18-20-36-23-27-38(42)28-24-36/h5-8,13-28,39-40,42H,1-4,9-12,29-32H2/b19-17+,20-18+. The first-order valence-corrected chi connectivity index (χ1v) is 15.4. The van der Waals surface area contributed by atoms with Crippen LogP contribution >= 0.6 is 0 Å². The average Bonchev–Trinajstić information content (AvgIpc) is 3.06. The number of hydrogen-bond acceptors (Lipinski definition) is 4. The van der Waals surface area contributed by atoms with Crippen molar-refractivity contribution in [3.8, 4) is 5.75 Å². The molecule has 0 fully saturated rings. The Balaban J connectivity index is 1.55. The van der Waals surface area contributed by atoms with E-state index in [0.717, 1.165) is 61.0 Å². The van der Waals surface area contributed by atoms with Gasteiger partial charge in [-0.2, -0.15) is 0 Å². The van der Waals surface area contributed by atoms with Crippen LogP contribution in [0, 0.1) is 0 Å². The molecule has 4 nitrogen and oxygen atoms in total. The predicted octanol–water partition coefficient (Wildman–Crippen LogP) is 9.61. The zero-order chi connectivity index (χ0) is 31.4. The minimum absolute atomic E-state index is 0.0898. The second-order valence-corrected chi connectivity index (χ2v) is 10.5. The van der Waals surface area contributed by atoms with Crippen molar-refractivity contribution in [3.63, 3.8) is 0 Å². The maximum atomic E-state index is 9.44. The molecule has 4 heteroatoms. The average molecular weight is 590 g/mol. The third-order valence-corrected chi connectivity index (χ3v) is 7.22. The first-order valence-electron chi connectivity index (χ1n) is 15.4. The van der Waals surface area contributed by atoms with Crippen molar-refractivity contribution in [1.29, 1.82) is 0 Å². The number of ether oxygens (including phenoxy) is 2. The molecule has 44 heavy (non-hydrogen) atoms. The van der Waals surface area contributed by atoms with Crippen molar-refractivity contribution in [3.05, 3.63) is 146 Å². The van der Waals surface area contributed by atoms with Gasteiger partial charge in [0.1, 0.15) is 5.75 Å². The van der Waals surface area contributed by atoms with Gasteiger partial charge in [-0.25, -0.2) is 0 Å². The largest absolute Gasteiger partial charge is 0.508 e.